The topological polar surface area (TPSA) is 52.0 Å². The lowest BCUT2D eigenvalue weighted by atomic mass is 9.73. The second-order valence-corrected chi connectivity index (χ2v) is 6.24. The van der Waals surface area contributed by atoms with E-state index in [1.54, 1.807) is 6.33 Å². The van der Waals surface area contributed by atoms with Gasteiger partial charge in [0.2, 0.25) is 0 Å². The molecule has 0 aromatic carbocycles. The molecule has 1 heterocycles. The minimum atomic E-state index is -0.0638. The zero-order valence-electron chi connectivity index (χ0n) is 13.9. The van der Waals surface area contributed by atoms with Crippen molar-refractivity contribution in [3.05, 3.63) is 12.2 Å². The molecule has 0 bridgehead atoms. The Labute approximate surface area is 128 Å². The van der Waals surface area contributed by atoms with Gasteiger partial charge in [-0.05, 0) is 39.7 Å². The molecule has 21 heavy (non-hydrogen) atoms. The zero-order valence-corrected chi connectivity index (χ0v) is 13.9. The van der Waals surface area contributed by atoms with Crippen molar-refractivity contribution in [2.75, 3.05) is 13.7 Å². The largest absolute Gasteiger partial charge is 0.374 e. The van der Waals surface area contributed by atoms with Crippen LogP contribution in [0.15, 0.2) is 6.33 Å². The van der Waals surface area contributed by atoms with Crippen LogP contribution in [0.1, 0.15) is 52.3 Å². The molecule has 3 atom stereocenters. The fourth-order valence-corrected chi connectivity index (χ4v) is 3.82. The quantitative estimate of drug-likeness (QED) is 0.839. The Morgan fingerprint density at radius 1 is 1.52 bits per heavy atom. The molecule has 5 nitrogen and oxygen atoms in total. The molecule has 0 amide bonds. The van der Waals surface area contributed by atoms with Crippen molar-refractivity contribution in [2.45, 2.75) is 71.1 Å². The first-order valence-corrected chi connectivity index (χ1v) is 8.33. The highest BCUT2D eigenvalue weighted by Gasteiger charge is 2.42. The number of hydrogen-bond acceptors (Lipinski definition) is 4. The molecule has 120 valence electrons. The highest BCUT2D eigenvalue weighted by Crippen LogP contribution is 2.38. The summed E-state index contributed by atoms with van der Waals surface area (Å²) in [6.07, 6.45) is 7.36. The van der Waals surface area contributed by atoms with E-state index in [0.717, 1.165) is 44.2 Å². The van der Waals surface area contributed by atoms with E-state index in [1.165, 1.54) is 12.8 Å². The van der Waals surface area contributed by atoms with Crippen molar-refractivity contribution >= 4 is 0 Å². The predicted octanol–water partition coefficient (Wildman–Crippen LogP) is 2.41. The van der Waals surface area contributed by atoms with Crippen LogP contribution in [0.5, 0.6) is 0 Å². The van der Waals surface area contributed by atoms with Gasteiger partial charge in [0.1, 0.15) is 12.2 Å². The number of hydrogen-bond donors (Lipinski definition) is 1. The smallest absolute Gasteiger partial charge is 0.138 e. The third kappa shape index (κ3) is 3.64. The maximum atomic E-state index is 6.30. The Hall–Kier alpha value is -0.940. The number of rotatable bonds is 7. The molecular weight excluding hydrogens is 264 g/mol. The number of ether oxygens (including phenoxy) is 1. The molecule has 2 rings (SSSR count). The van der Waals surface area contributed by atoms with E-state index in [4.69, 9.17) is 4.74 Å². The monoisotopic (exact) mass is 294 g/mol. The van der Waals surface area contributed by atoms with Crippen molar-refractivity contribution < 1.29 is 4.74 Å². The number of nitrogens with one attached hydrogen (secondary N) is 1. The summed E-state index contributed by atoms with van der Waals surface area (Å²) in [5, 5.41) is 7.79. The Kier molecular flexibility index (Phi) is 5.76. The minimum Gasteiger partial charge on any atom is -0.374 e. The van der Waals surface area contributed by atoms with Gasteiger partial charge in [-0.3, -0.25) is 4.68 Å². The Bertz CT molecular complexity index is 430. The van der Waals surface area contributed by atoms with Gasteiger partial charge in [-0.25, -0.2) is 4.98 Å². The van der Waals surface area contributed by atoms with Crippen molar-refractivity contribution in [2.24, 2.45) is 5.92 Å². The maximum Gasteiger partial charge on any atom is 0.138 e. The first kappa shape index (κ1) is 16.4. The summed E-state index contributed by atoms with van der Waals surface area (Å²) in [7, 11) is 2.04. The Morgan fingerprint density at radius 2 is 2.33 bits per heavy atom. The number of likely N-dealkylation sites (N-methyl/N-ethyl adjacent to an activating group) is 1. The standard InChI is InChI=1S/C16H30N4O/c1-5-20-15(18-12-19-20)10-14(17-4)16(21-6-2)9-7-8-13(3)11-16/h12-14,17H,5-11H2,1-4H3. The summed E-state index contributed by atoms with van der Waals surface area (Å²) in [6.45, 7) is 8.18. The van der Waals surface area contributed by atoms with Gasteiger partial charge in [-0.15, -0.1) is 0 Å². The second kappa shape index (κ2) is 7.36. The Morgan fingerprint density at radius 3 is 2.95 bits per heavy atom. The normalized spacial score (nSPS) is 27.7. The van der Waals surface area contributed by atoms with Crippen molar-refractivity contribution in [3.8, 4) is 0 Å². The van der Waals surface area contributed by atoms with Gasteiger partial charge in [0.05, 0.1) is 5.60 Å². The third-order valence-corrected chi connectivity index (χ3v) is 4.79. The summed E-state index contributed by atoms with van der Waals surface area (Å²) in [5.41, 5.74) is -0.0638. The van der Waals surface area contributed by atoms with Crippen LogP contribution >= 0.6 is 0 Å². The fourth-order valence-electron chi connectivity index (χ4n) is 3.82. The van der Waals surface area contributed by atoms with Crippen molar-refractivity contribution in [1.29, 1.82) is 0 Å². The van der Waals surface area contributed by atoms with Gasteiger partial charge in [0, 0.05) is 25.6 Å². The van der Waals surface area contributed by atoms with Gasteiger partial charge < -0.3 is 10.1 Å². The second-order valence-electron chi connectivity index (χ2n) is 6.24. The van der Waals surface area contributed by atoms with Crippen LogP contribution in [0.3, 0.4) is 0 Å². The van der Waals surface area contributed by atoms with Gasteiger partial charge in [0.15, 0.2) is 0 Å². The molecule has 1 saturated carbocycles. The van der Waals surface area contributed by atoms with E-state index in [9.17, 15) is 0 Å². The summed E-state index contributed by atoms with van der Waals surface area (Å²) in [6, 6.07) is 0.287. The summed E-state index contributed by atoms with van der Waals surface area (Å²) in [5.74, 6) is 1.78. The van der Waals surface area contributed by atoms with Gasteiger partial charge in [-0.2, -0.15) is 5.10 Å². The third-order valence-electron chi connectivity index (χ3n) is 4.79. The molecular formula is C16H30N4O. The van der Waals surface area contributed by atoms with Gasteiger partial charge in [0.25, 0.3) is 0 Å². The molecule has 1 aromatic heterocycles. The van der Waals surface area contributed by atoms with Crippen LogP contribution in [0.25, 0.3) is 0 Å². The lowest BCUT2D eigenvalue weighted by Crippen LogP contribution is -2.55. The fraction of sp³-hybridized carbons (Fsp3) is 0.875. The lowest BCUT2D eigenvalue weighted by molar-refractivity contribution is -0.0992. The van der Waals surface area contributed by atoms with Crippen LogP contribution in [0.4, 0.5) is 0 Å². The average molecular weight is 294 g/mol. The number of nitrogens with zero attached hydrogens (tertiary/aromatic N) is 3. The van der Waals surface area contributed by atoms with Crippen LogP contribution < -0.4 is 5.32 Å². The molecule has 1 aliphatic carbocycles. The van der Waals surface area contributed by atoms with Crippen LogP contribution in [-0.4, -0.2) is 40.1 Å². The van der Waals surface area contributed by atoms with E-state index in [-0.39, 0.29) is 11.6 Å². The average Bonchev–Trinajstić information content (AvgIpc) is 2.92. The van der Waals surface area contributed by atoms with Crippen LogP contribution in [-0.2, 0) is 17.7 Å². The highest BCUT2D eigenvalue weighted by molar-refractivity contribution is 5.02. The number of aryl methyl sites for hydroxylation is 1. The van der Waals surface area contributed by atoms with E-state index in [0.29, 0.717) is 0 Å². The first-order chi connectivity index (χ1) is 10.1. The molecule has 1 aliphatic rings. The summed E-state index contributed by atoms with van der Waals surface area (Å²) >= 11 is 0. The molecule has 5 heteroatoms. The van der Waals surface area contributed by atoms with Crippen molar-refractivity contribution in [1.82, 2.24) is 20.1 Å². The predicted molar refractivity (Wildman–Crippen MR) is 84.2 cm³/mol. The minimum absolute atomic E-state index is 0.0638. The Balaban J connectivity index is 2.19. The summed E-state index contributed by atoms with van der Waals surface area (Å²) in [4.78, 5) is 4.44. The molecule has 0 spiro atoms. The maximum absolute atomic E-state index is 6.30. The van der Waals surface area contributed by atoms with Gasteiger partial charge in [-0.1, -0.05) is 19.8 Å². The molecule has 0 radical (unpaired) electrons. The molecule has 3 unspecified atom stereocenters. The van der Waals surface area contributed by atoms with Crippen molar-refractivity contribution in [3.63, 3.8) is 0 Å². The highest BCUT2D eigenvalue weighted by atomic mass is 16.5. The molecule has 0 saturated heterocycles. The van der Waals surface area contributed by atoms with Crippen LogP contribution in [0, 0.1) is 5.92 Å². The summed E-state index contributed by atoms with van der Waals surface area (Å²) < 4.78 is 8.28. The molecule has 1 N–H and O–H groups in total. The first-order valence-electron chi connectivity index (χ1n) is 8.33. The zero-order chi connectivity index (χ0) is 15.3. The van der Waals surface area contributed by atoms with E-state index < -0.39 is 0 Å². The van der Waals surface area contributed by atoms with Gasteiger partial charge >= 0.3 is 0 Å². The SMILES string of the molecule is CCOC1(C(Cc2ncnn2CC)NC)CCCC(C)C1. The van der Waals surface area contributed by atoms with E-state index in [2.05, 4.69) is 36.2 Å². The van der Waals surface area contributed by atoms with E-state index in [1.807, 2.05) is 11.7 Å². The number of aromatic nitrogens is 3. The lowest BCUT2D eigenvalue weighted by Gasteiger charge is -2.45. The molecule has 0 aliphatic heterocycles. The van der Waals surface area contributed by atoms with Crippen LogP contribution in [0.2, 0.25) is 0 Å². The molecule has 1 aromatic rings. The molecule has 1 fully saturated rings. The van der Waals surface area contributed by atoms with E-state index >= 15 is 0 Å².